The number of rotatable bonds is 0. The summed E-state index contributed by atoms with van der Waals surface area (Å²) in [6, 6.07) is 1.31. The van der Waals surface area contributed by atoms with Gasteiger partial charge in [0.05, 0.1) is 0 Å². The molecule has 1 fully saturated rings. The third kappa shape index (κ3) is 4.76. The van der Waals surface area contributed by atoms with E-state index in [4.69, 9.17) is 4.43 Å². The Morgan fingerprint density at radius 2 is 1.88 bits per heavy atom. The first kappa shape index (κ1) is 11.4. The van der Waals surface area contributed by atoms with Crippen LogP contribution in [0.15, 0.2) is 0 Å². The Morgan fingerprint density at radius 3 is 2.00 bits per heavy atom. The van der Waals surface area contributed by atoms with Crippen LogP contribution >= 0.6 is 0 Å². The predicted molar refractivity (Wildman–Crippen MR) is 37.3 cm³/mol. The fraction of sp³-hybridized carbons (Fsp3) is 1.00. The van der Waals surface area contributed by atoms with Gasteiger partial charge in [-0.05, 0) is 12.5 Å². The number of hydrogen-bond acceptors (Lipinski definition) is 1. The van der Waals surface area contributed by atoms with Gasteiger partial charge in [-0.3, -0.25) is 0 Å². The molecule has 0 atom stereocenters. The molecule has 0 aromatic carbocycles. The molecule has 1 aliphatic rings. The van der Waals surface area contributed by atoms with Gasteiger partial charge in [-0.25, -0.2) is 0 Å². The molecule has 1 rings (SSSR count). The van der Waals surface area contributed by atoms with Crippen molar-refractivity contribution in [1.29, 1.82) is 0 Å². The SMILES string of the molecule is C1CC[Si]OC1.[Si].[Si]. The fourth-order valence-electron chi connectivity index (χ4n) is 0.516. The molecule has 1 aliphatic heterocycles. The maximum Gasteiger partial charge on any atom is 0.229 e. The second-order valence-electron chi connectivity index (χ2n) is 1.45. The second kappa shape index (κ2) is 7.61. The molecular formula is C4H8OSi3. The molecular weight excluding hydrogens is 148 g/mol. The summed E-state index contributed by atoms with van der Waals surface area (Å²) in [5.41, 5.74) is 0. The largest absolute Gasteiger partial charge is 0.417 e. The molecule has 0 aromatic heterocycles. The lowest BCUT2D eigenvalue weighted by Crippen LogP contribution is -2.06. The zero-order valence-electron chi connectivity index (χ0n) is 4.74. The summed E-state index contributed by atoms with van der Waals surface area (Å²) < 4.78 is 5.10. The van der Waals surface area contributed by atoms with Crippen LogP contribution in [0.3, 0.4) is 0 Å². The van der Waals surface area contributed by atoms with Crippen LogP contribution in [0.1, 0.15) is 12.8 Å². The highest BCUT2D eigenvalue weighted by Gasteiger charge is 1.97. The highest BCUT2D eigenvalue weighted by atomic mass is 28.2. The van der Waals surface area contributed by atoms with E-state index in [-0.39, 0.29) is 21.9 Å². The van der Waals surface area contributed by atoms with Crippen molar-refractivity contribution in [3.05, 3.63) is 0 Å². The van der Waals surface area contributed by atoms with Crippen molar-refractivity contribution in [3.63, 3.8) is 0 Å². The maximum atomic E-state index is 5.10. The Bertz CT molecular complexity index is 26.8. The Balaban J connectivity index is 0. The molecule has 0 aliphatic carbocycles. The lowest BCUT2D eigenvalue weighted by Gasteiger charge is -2.06. The van der Waals surface area contributed by atoms with Gasteiger partial charge < -0.3 is 4.43 Å². The molecule has 10 radical (unpaired) electrons. The van der Waals surface area contributed by atoms with E-state index in [1.54, 1.807) is 0 Å². The summed E-state index contributed by atoms with van der Waals surface area (Å²) in [6.45, 7) is 1.01. The summed E-state index contributed by atoms with van der Waals surface area (Å²) in [6.07, 6.45) is 2.67. The molecule has 42 valence electrons. The molecule has 1 nitrogen and oxygen atoms in total. The van der Waals surface area contributed by atoms with Gasteiger partial charge in [0.1, 0.15) is 0 Å². The van der Waals surface area contributed by atoms with Crippen molar-refractivity contribution in [3.8, 4) is 0 Å². The van der Waals surface area contributed by atoms with Crippen molar-refractivity contribution in [1.82, 2.24) is 0 Å². The summed E-state index contributed by atoms with van der Waals surface area (Å²) in [7, 11) is 0.802. The molecule has 0 aromatic rings. The zero-order valence-corrected chi connectivity index (χ0v) is 7.74. The van der Waals surface area contributed by atoms with E-state index in [1.165, 1.54) is 18.9 Å². The van der Waals surface area contributed by atoms with Gasteiger partial charge in [0.25, 0.3) is 0 Å². The van der Waals surface area contributed by atoms with Gasteiger partial charge in [-0.1, -0.05) is 6.42 Å². The van der Waals surface area contributed by atoms with Gasteiger partial charge in [-0.15, -0.1) is 0 Å². The summed E-state index contributed by atoms with van der Waals surface area (Å²) in [5, 5.41) is 0. The van der Waals surface area contributed by atoms with Crippen molar-refractivity contribution >= 4 is 31.7 Å². The molecule has 8 heavy (non-hydrogen) atoms. The van der Waals surface area contributed by atoms with E-state index in [2.05, 4.69) is 0 Å². The minimum Gasteiger partial charge on any atom is -0.417 e. The predicted octanol–water partition coefficient (Wildman–Crippen LogP) is 0.0727. The van der Waals surface area contributed by atoms with E-state index in [0.717, 1.165) is 16.4 Å². The van der Waals surface area contributed by atoms with E-state index >= 15 is 0 Å². The van der Waals surface area contributed by atoms with Crippen LogP contribution < -0.4 is 0 Å². The minimum atomic E-state index is 0. The van der Waals surface area contributed by atoms with Gasteiger partial charge >= 0.3 is 0 Å². The Hall–Kier alpha value is 0.611. The van der Waals surface area contributed by atoms with Gasteiger partial charge in [0.15, 0.2) is 0 Å². The standard InChI is InChI=1S/C4H8OSi.2Si/c1-2-4-6-5-3-1;;/h1-4H2;;. The van der Waals surface area contributed by atoms with Gasteiger partial charge in [-0.2, -0.15) is 0 Å². The van der Waals surface area contributed by atoms with Crippen LogP contribution in [-0.2, 0) is 4.43 Å². The van der Waals surface area contributed by atoms with E-state index in [0.29, 0.717) is 0 Å². The first-order valence-electron chi connectivity index (χ1n) is 2.35. The van der Waals surface area contributed by atoms with Gasteiger partial charge in [0.2, 0.25) is 9.76 Å². The molecule has 0 spiro atoms. The maximum absolute atomic E-state index is 5.10. The van der Waals surface area contributed by atoms with Crippen molar-refractivity contribution in [2.24, 2.45) is 0 Å². The fourth-order valence-corrected chi connectivity index (χ4v) is 1.34. The lowest BCUT2D eigenvalue weighted by atomic mass is 10.4. The van der Waals surface area contributed by atoms with Crippen molar-refractivity contribution in [2.75, 3.05) is 6.61 Å². The number of hydrogen-bond donors (Lipinski definition) is 0. The third-order valence-corrected chi connectivity index (χ3v) is 1.84. The average Bonchev–Trinajstić information content (AvgIpc) is 1.72. The van der Waals surface area contributed by atoms with Crippen LogP contribution in [0, 0.1) is 0 Å². The molecule has 1 heterocycles. The molecule has 0 saturated carbocycles. The van der Waals surface area contributed by atoms with Crippen LogP contribution in [-0.4, -0.2) is 38.3 Å². The lowest BCUT2D eigenvalue weighted by molar-refractivity contribution is 0.304. The summed E-state index contributed by atoms with van der Waals surface area (Å²) in [5.74, 6) is 0. The molecule has 0 unspecified atom stereocenters. The monoisotopic (exact) mass is 156 g/mol. The Labute approximate surface area is 62.2 Å². The van der Waals surface area contributed by atoms with Crippen LogP contribution in [0.4, 0.5) is 0 Å². The van der Waals surface area contributed by atoms with Crippen LogP contribution in [0.2, 0.25) is 6.04 Å². The highest BCUT2D eigenvalue weighted by molar-refractivity contribution is 6.27. The van der Waals surface area contributed by atoms with Crippen molar-refractivity contribution in [2.45, 2.75) is 18.9 Å². The zero-order chi connectivity index (χ0) is 4.24. The molecule has 0 amide bonds. The van der Waals surface area contributed by atoms with E-state index < -0.39 is 0 Å². The van der Waals surface area contributed by atoms with Crippen molar-refractivity contribution < 1.29 is 4.43 Å². The van der Waals surface area contributed by atoms with Gasteiger partial charge in [0, 0.05) is 28.5 Å². The molecule has 0 bridgehead atoms. The van der Waals surface area contributed by atoms with E-state index in [9.17, 15) is 0 Å². The quantitative estimate of drug-likeness (QED) is 0.451. The Morgan fingerprint density at radius 1 is 1.12 bits per heavy atom. The Kier molecular flexibility index (Phi) is 10.9. The normalized spacial score (nSPS) is 18.0. The summed E-state index contributed by atoms with van der Waals surface area (Å²) in [4.78, 5) is 0. The van der Waals surface area contributed by atoms with Crippen LogP contribution in [0.25, 0.3) is 0 Å². The highest BCUT2D eigenvalue weighted by Crippen LogP contribution is 2.01. The minimum absolute atomic E-state index is 0. The van der Waals surface area contributed by atoms with E-state index in [1.807, 2.05) is 0 Å². The van der Waals surface area contributed by atoms with Crippen LogP contribution in [0.5, 0.6) is 0 Å². The third-order valence-electron chi connectivity index (χ3n) is 0.877. The first-order valence-corrected chi connectivity index (χ1v) is 3.46. The summed E-state index contributed by atoms with van der Waals surface area (Å²) >= 11 is 0. The smallest absolute Gasteiger partial charge is 0.229 e. The first-order chi connectivity index (χ1) is 3.00. The average molecular weight is 156 g/mol. The topological polar surface area (TPSA) is 9.23 Å². The molecule has 0 N–H and O–H groups in total. The molecule has 4 heteroatoms. The molecule has 1 saturated heterocycles. The second-order valence-corrected chi connectivity index (χ2v) is 2.53.